The molecule has 30 heavy (non-hydrogen) atoms. The molecular weight excluding hydrogens is 380 g/mol. The lowest BCUT2D eigenvalue weighted by Gasteiger charge is -2.30. The standard InChI is InChI=1S/C24H28N2O4/c1-6-30-22(27)19-20(15-7-11-17(12-8-15)24(2,3)4)25-23(28)26-21(19)16-9-13-18(29-5)14-10-16/h7-14,20H,6H2,1-5H3,(H2,25,26,28). The van der Waals surface area contributed by atoms with Gasteiger partial charge < -0.3 is 20.1 Å². The molecule has 3 rings (SSSR count). The summed E-state index contributed by atoms with van der Waals surface area (Å²) in [5.74, 6) is 0.215. The molecule has 6 heteroatoms. The summed E-state index contributed by atoms with van der Waals surface area (Å²) in [6, 6.07) is 14.1. The van der Waals surface area contributed by atoms with E-state index >= 15 is 0 Å². The predicted molar refractivity (Wildman–Crippen MR) is 116 cm³/mol. The fourth-order valence-electron chi connectivity index (χ4n) is 3.40. The molecule has 1 heterocycles. The summed E-state index contributed by atoms with van der Waals surface area (Å²) in [6.45, 7) is 8.41. The SMILES string of the molecule is CCOC(=O)C1=C(c2ccc(OC)cc2)NC(=O)NC1c1ccc(C(C)(C)C)cc1. The number of ether oxygens (including phenoxy) is 2. The largest absolute Gasteiger partial charge is 0.497 e. The van der Waals surface area contributed by atoms with Gasteiger partial charge in [-0.15, -0.1) is 0 Å². The van der Waals surface area contributed by atoms with Crippen molar-refractivity contribution in [3.05, 3.63) is 70.8 Å². The first-order valence-electron chi connectivity index (χ1n) is 9.98. The van der Waals surface area contributed by atoms with E-state index < -0.39 is 12.0 Å². The van der Waals surface area contributed by atoms with Crippen LogP contribution in [-0.4, -0.2) is 25.7 Å². The Labute approximate surface area is 177 Å². The monoisotopic (exact) mass is 408 g/mol. The van der Waals surface area contributed by atoms with Crippen LogP contribution in [0.2, 0.25) is 0 Å². The highest BCUT2D eigenvalue weighted by Gasteiger charge is 2.34. The molecule has 0 radical (unpaired) electrons. The smallest absolute Gasteiger partial charge is 0.338 e. The Balaban J connectivity index is 2.11. The molecule has 1 aliphatic rings. The van der Waals surface area contributed by atoms with E-state index in [1.807, 2.05) is 24.3 Å². The minimum atomic E-state index is -0.621. The van der Waals surface area contributed by atoms with Crippen LogP contribution in [0.3, 0.4) is 0 Å². The fraction of sp³-hybridized carbons (Fsp3) is 0.333. The van der Waals surface area contributed by atoms with E-state index in [-0.39, 0.29) is 18.1 Å². The molecule has 1 aliphatic heterocycles. The number of methoxy groups -OCH3 is 1. The fourth-order valence-corrected chi connectivity index (χ4v) is 3.40. The van der Waals surface area contributed by atoms with Gasteiger partial charge in [-0.1, -0.05) is 45.0 Å². The van der Waals surface area contributed by atoms with Crippen LogP contribution in [0.5, 0.6) is 5.75 Å². The number of benzene rings is 2. The molecule has 1 atom stereocenters. The van der Waals surface area contributed by atoms with Crippen molar-refractivity contribution in [1.29, 1.82) is 0 Å². The van der Waals surface area contributed by atoms with Gasteiger partial charge in [0.2, 0.25) is 0 Å². The molecule has 0 aromatic heterocycles. The third kappa shape index (κ3) is 4.48. The lowest BCUT2D eigenvalue weighted by Crippen LogP contribution is -2.45. The molecule has 2 aromatic rings. The molecule has 2 N–H and O–H groups in total. The van der Waals surface area contributed by atoms with Crippen molar-refractivity contribution in [3.63, 3.8) is 0 Å². The van der Waals surface area contributed by atoms with E-state index in [0.29, 0.717) is 22.6 Å². The second kappa shape index (κ2) is 8.61. The number of carbonyl (C=O) groups is 2. The number of nitrogens with one attached hydrogen (secondary N) is 2. The van der Waals surface area contributed by atoms with E-state index in [0.717, 1.165) is 5.56 Å². The highest BCUT2D eigenvalue weighted by Crippen LogP contribution is 2.33. The number of carbonyl (C=O) groups excluding carboxylic acids is 2. The van der Waals surface area contributed by atoms with E-state index in [9.17, 15) is 9.59 Å². The molecule has 0 saturated carbocycles. The summed E-state index contributed by atoms with van der Waals surface area (Å²) < 4.78 is 10.5. The van der Waals surface area contributed by atoms with Gasteiger partial charge in [-0.05, 0) is 53.3 Å². The Morgan fingerprint density at radius 2 is 1.67 bits per heavy atom. The Kier molecular flexibility index (Phi) is 6.15. The second-order valence-electron chi connectivity index (χ2n) is 8.14. The second-order valence-corrected chi connectivity index (χ2v) is 8.14. The van der Waals surface area contributed by atoms with Crippen LogP contribution in [0, 0.1) is 0 Å². The van der Waals surface area contributed by atoms with Crippen LogP contribution in [0.4, 0.5) is 4.79 Å². The van der Waals surface area contributed by atoms with E-state index in [2.05, 4.69) is 31.4 Å². The van der Waals surface area contributed by atoms with Crippen LogP contribution in [-0.2, 0) is 14.9 Å². The minimum Gasteiger partial charge on any atom is -0.497 e. The van der Waals surface area contributed by atoms with Gasteiger partial charge in [-0.3, -0.25) is 0 Å². The molecular formula is C24H28N2O4. The molecule has 158 valence electrons. The maximum Gasteiger partial charge on any atom is 0.338 e. The van der Waals surface area contributed by atoms with Crippen LogP contribution < -0.4 is 15.4 Å². The molecule has 0 bridgehead atoms. The average molecular weight is 408 g/mol. The van der Waals surface area contributed by atoms with Crippen molar-refractivity contribution >= 4 is 17.7 Å². The average Bonchev–Trinajstić information content (AvgIpc) is 2.72. The zero-order chi connectivity index (χ0) is 21.9. The first-order valence-corrected chi connectivity index (χ1v) is 9.98. The molecule has 6 nitrogen and oxygen atoms in total. The third-order valence-electron chi connectivity index (χ3n) is 5.06. The van der Waals surface area contributed by atoms with Crippen molar-refractivity contribution in [2.75, 3.05) is 13.7 Å². The van der Waals surface area contributed by atoms with Gasteiger partial charge in [0.1, 0.15) is 5.75 Å². The highest BCUT2D eigenvalue weighted by atomic mass is 16.5. The molecule has 0 saturated heterocycles. The Hall–Kier alpha value is -3.28. The normalized spacial score (nSPS) is 16.6. The number of rotatable bonds is 5. The first-order chi connectivity index (χ1) is 14.2. The number of hydrogen-bond donors (Lipinski definition) is 2. The van der Waals surface area contributed by atoms with Gasteiger partial charge in [-0.25, -0.2) is 9.59 Å². The van der Waals surface area contributed by atoms with Gasteiger partial charge in [0.15, 0.2) is 0 Å². The number of esters is 1. The Morgan fingerprint density at radius 3 is 2.20 bits per heavy atom. The molecule has 0 fully saturated rings. The van der Waals surface area contributed by atoms with Gasteiger partial charge >= 0.3 is 12.0 Å². The third-order valence-corrected chi connectivity index (χ3v) is 5.06. The van der Waals surface area contributed by atoms with Crippen LogP contribution >= 0.6 is 0 Å². The van der Waals surface area contributed by atoms with Crippen molar-refractivity contribution < 1.29 is 19.1 Å². The topological polar surface area (TPSA) is 76.7 Å². The molecule has 0 aliphatic carbocycles. The minimum absolute atomic E-state index is 0.00393. The summed E-state index contributed by atoms with van der Waals surface area (Å²) in [5, 5.41) is 5.65. The summed E-state index contributed by atoms with van der Waals surface area (Å²) >= 11 is 0. The lowest BCUT2D eigenvalue weighted by molar-refractivity contribution is -0.138. The predicted octanol–water partition coefficient (Wildman–Crippen LogP) is 4.32. The molecule has 0 spiro atoms. The van der Waals surface area contributed by atoms with Crippen LogP contribution in [0.15, 0.2) is 54.1 Å². The van der Waals surface area contributed by atoms with Crippen LogP contribution in [0.25, 0.3) is 5.70 Å². The molecule has 1 unspecified atom stereocenters. The Bertz CT molecular complexity index is 954. The quantitative estimate of drug-likeness (QED) is 0.723. The van der Waals surface area contributed by atoms with Crippen molar-refractivity contribution in [2.45, 2.75) is 39.2 Å². The number of amides is 2. The maximum atomic E-state index is 12.9. The van der Waals surface area contributed by atoms with Crippen LogP contribution in [0.1, 0.15) is 50.4 Å². The Morgan fingerprint density at radius 1 is 1.03 bits per heavy atom. The van der Waals surface area contributed by atoms with E-state index in [1.165, 1.54) is 5.56 Å². The van der Waals surface area contributed by atoms with E-state index in [4.69, 9.17) is 9.47 Å². The maximum absolute atomic E-state index is 12.9. The van der Waals surface area contributed by atoms with E-state index in [1.54, 1.807) is 38.3 Å². The first kappa shape index (κ1) is 21.4. The van der Waals surface area contributed by atoms with Crippen molar-refractivity contribution in [1.82, 2.24) is 10.6 Å². The summed E-state index contributed by atoms with van der Waals surface area (Å²) in [5.41, 5.74) is 3.49. The zero-order valence-corrected chi connectivity index (χ0v) is 18.0. The molecule has 2 aromatic carbocycles. The van der Waals surface area contributed by atoms with Gasteiger partial charge in [0.05, 0.1) is 31.0 Å². The number of urea groups is 1. The highest BCUT2D eigenvalue weighted by molar-refractivity contribution is 6.04. The number of hydrogen-bond acceptors (Lipinski definition) is 4. The summed E-state index contributed by atoms with van der Waals surface area (Å²) in [4.78, 5) is 25.4. The lowest BCUT2D eigenvalue weighted by atomic mass is 9.85. The van der Waals surface area contributed by atoms with Gasteiger partial charge in [-0.2, -0.15) is 0 Å². The summed E-state index contributed by atoms with van der Waals surface area (Å²) in [7, 11) is 1.59. The van der Waals surface area contributed by atoms with Gasteiger partial charge in [0.25, 0.3) is 0 Å². The zero-order valence-electron chi connectivity index (χ0n) is 18.0. The molecule has 2 amide bonds. The summed E-state index contributed by atoms with van der Waals surface area (Å²) in [6.07, 6.45) is 0. The van der Waals surface area contributed by atoms with Crippen molar-refractivity contribution in [2.24, 2.45) is 0 Å². The van der Waals surface area contributed by atoms with Crippen molar-refractivity contribution in [3.8, 4) is 5.75 Å². The van der Waals surface area contributed by atoms with Gasteiger partial charge in [0, 0.05) is 0 Å².